The average molecular weight is 1380 g/mol. The first-order valence-corrected chi connectivity index (χ1v) is 33.9. The molecule has 4 aromatic rings. The number of fused-ring (bicyclic) bond motifs is 16. The van der Waals surface area contributed by atoms with Crippen LogP contribution < -0.4 is 47.9 Å². The van der Waals surface area contributed by atoms with Gasteiger partial charge in [0.05, 0.1) is 44.5 Å². The van der Waals surface area contributed by atoms with Gasteiger partial charge in [0.2, 0.25) is 0 Å². The lowest BCUT2D eigenvalue weighted by Gasteiger charge is -2.31. The summed E-state index contributed by atoms with van der Waals surface area (Å²) in [5.41, 5.74) is -1.45. The Hall–Kier alpha value is -9.62. The van der Waals surface area contributed by atoms with Crippen LogP contribution in [0.3, 0.4) is 0 Å². The normalized spacial score (nSPS) is 20.3. The number of halogens is 1. The van der Waals surface area contributed by atoms with Gasteiger partial charge >= 0.3 is 6.16 Å². The summed E-state index contributed by atoms with van der Waals surface area (Å²) in [4.78, 5) is 158. The summed E-state index contributed by atoms with van der Waals surface area (Å²) < 4.78 is 13.0. The van der Waals surface area contributed by atoms with Crippen molar-refractivity contribution in [3.63, 3.8) is 0 Å². The van der Waals surface area contributed by atoms with E-state index in [-0.39, 0.29) is 206 Å². The van der Waals surface area contributed by atoms with Crippen molar-refractivity contribution in [1.82, 2.24) is 72.4 Å². The Bertz CT molecular complexity index is 3420. The molecule has 30 heteroatoms. The molecule has 3 atom stereocenters. The molecule has 4 aliphatic heterocycles. The number of carbonyl (C=O) groups excluding carboxylic acids is 11. The number of amides is 9. The fourth-order valence-electron chi connectivity index (χ4n) is 11.9. The van der Waals surface area contributed by atoms with E-state index in [1.54, 1.807) is 6.92 Å². The molecule has 0 radical (unpaired) electrons. The third-order valence-corrected chi connectivity index (χ3v) is 17.6. The van der Waals surface area contributed by atoms with Gasteiger partial charge in [0.15, 0.2) is 0 Å². The van der Waals surface area contributed by atoms with Crippen molar-refractivity contribution in [3.05, 3.63) is 117 Å². The van der Waals surface area contributed by atoms with Gasteiger partial charge in [-0.15, -0.1) is 4.39 Å². The van der Waals surface area contributed by atoms with Crippen LogP contribution in [0.25, 0.3) is 0 Å². The second-order valence-corrected chi connectivity index (χ2v) is 24.5. The summed E-state index contributed by atoms with van der Waals surface area (Å²) in [7, 11) is 0. The van der Waals surface area contributed by atoms with E-state index >= 15 is 0 Å². The lowest BCUT2D eigenvalue weighted by atomic mass is 10.0. The first kappa shape index (κ1) is 76.7. The number of carbonyl (C=O) groups is 11. The zero-order chi connectivity index (χ0) is 71.2. The van der Waals surface area contributed by atoms with Gasteiger partial charge in [-0.25, -0.2) is 4.79 Å². The van der Waals surface area contributed by atoms with E-state index in [1.165, 1.54) is 72.8 Å². The van der Waals surface area contributed by atoms with Gasteiger partial charge in [0.25, 0.3) is 47.3 Å². The predicted octanol–water partition coefficient (Wildman–Crippen LogP) is 1.72. The lowest BCUT2D eigenvalue weighted by molar-refractivity contribution is -0.120. The number of nitrogens with zero attached hydrogens (tertiary/aromatic N) is 5. The van der Waals surface area contributed by atoms with Crippen molar-refractivity contribution in [2.45, 2.75) is 70.8 Å². The maximum absolute atomic E-state index is 14.6. The Kier molecular flexibility index (Phi) is 30.8. The zero-order valence-corrected chi connectivity index (χ0v) is 56.0. The summed E-state index contributed by atoms with van der Waals surface area (Å²) in [6.07, 6.45) is 1.73. The summed E-state index contributed by atoms with van der Waals surface area (Å²) in [6.45, 7) is 4.42. The maximum Gasteiger partial charge on any atom is 0.397 e. The smallest absolute Gasteiger partial charge is 0.397 e. The second-order valence-electron chi connectivity index (χ2n) is 24.5. The molecule has 4 aliphatic rings. The van der Waals surface area contributed by atoms with Gasteiger partial charge in [-0.05, 0) is 74.3 Å². The van der Waals surface area contributed by atoms with Crippen molar-refractivity contribution in [3.8, 4) is 23.0 Å². The van der Waals surface area contributed by atoms with E-state index in [9.17, 15) is 77.6 Å². The van der Waals surface area contributed by atoms with Crippen LogP contribution in [0.4, 0.5) is 9.18 Å². The van der Waals surface area contributed by atoms with Crippen molar-refractivity contribution < 1.29 is 77.6 Å². The van der Waals surface area contributed by atoms with Gasteiger partial charge in [-0.2, -0.15) is 0 Å². The highest BCUT2D eigenvalue weighted by molar-refractivity contribution is 6.06. The van der Waals surface area contributed by atoms with E-state index in [0.717, 1.165) is 0 Å². The minimum absolute atomic E-state index is 0.00363. The first-order valence-electron chi connectivity index (χ1n) is 33.9. The van der Waals surface area contributed by atoms with E-state index in [4.69, 9.17) is 0 Å². The molecule has 3 unspecified atom stereocenters. The summed E-state index contributed by atoms with van der Waals surface area (Å²) in [6, 6.07) is 16.1. The fraction of sp³-hybridized carbons (Fsp3) is 0.493. The number of rotatable bonds is 17. The topological polar surface area (TPSA) is 393 Å². The monoisotopic (exact) mass is 1380 g/mol. The number of aromatic hydroxyl groups is 4. The van der Waals surface area contributed by atoms with Crippen LogP contribution in [-0.4, -0.2) is 266 Å². The van der Waals surface area contributed by atoms with Crippen LogP contribution in [0.2, 0.25) is 0 Å². The predicted molar refractivity (Wildman–Crippen MR) is 364 cm³/mol. The molecule has 9 amide bonds. The van der Waals surface area contributed by atoms with E-state index in [2.05, 4.69) is 47.9 Å². The highest BCUT2D eigenvalue weighted by Crippen LogP contribution is 2.27. The molecular formula is C69H93FN14O15. The largest absolute Gasteiger partial charge is 0.506 e. The number of para-hydroxylation sites is 4. The van der Waals surface area contributed by atoms with Crippen LogP contribution >= 0.6 is 0 Å². The van der Waals surface area contributed by atoms with Crippen molar-refractivity contribution in [2.75, 3.05) is 151 Å². The third-order valence-electron chi connectivity index (χ3n) is 17.6. The van der Waals surface area contributed by atoms with Gasteiger partial charge in [0.1, 0.15) is 34.6 Å². The van der Waals surface area contributed by atoms with Crippen LogP contribution in [-0.2, 0) is 9.59 Å². The number of ketones is 2. The molecule has 536 valence electrons. The number of benzene rings is 4. The molecule has 0 spiro atoms. The SMILES string of the molecule is CCC(=O)CCCN(CCNC(=O)F)CCC(=O)CCCCCC1CN2CCNC(=O)c3cccc(c3O)C(=O)NCCN(CCNC(=O)c3cccc(c3O)C(=O)N1)CCN1CCNC(=O)c3cccc(c3O)C(=O)NCCN(CCNC(=O)c3cccc(c3O)C(=O)NCC1)CC2. The average Bonchev–Trinajstić information content (AvgIpc) is 0.932. The summed E-state index contributed by atoms with van der Waals surface area (Å²) in [5, 5.41) is 71.2. The number of Topliss-reactive ketones (excluding diaryl/α,β-unsaturated/α-hetero) is 2. The summed E-state index contributed by atoms with van der Waals surface area (Å²) in [5.74, 6) is -7.77. The molecule has 12 bridgehead atoms. The number of phenols is 4. The minimum atomic E-state index is -1.67. The van der Waals surface area contributed by atoms with E-state index in [1.807, 2.05) is 24.5 Å². The molecule has 13 N–H and O–H groups in total. The third kappa shape index (κ3) is 24.1. The van der Waals surface area contributed by atoms with Crippen LogP contribution in [0, 0.1) is 0 Å². The number of hydrogen-bond acceptors (Lipinski definition) is 20. The van der Waals surface area contributed by atoms with Gasteiger partial charge in [0, 0.05) is 176 Å². The Morgan fingerprint density at radius 3 is 1.08 bits per heavy atom. The Balaban J connectivity index is 1.25. The Morgan fingerprint density at radius 2 is 0.737 bits per heavy atom. The number of nitrogens with one attached hydrogen (secondary N) is 9. The minimum Gasteiger partial charge on any atom is -0.506 e. The van der Waals surface area contributed by atoms with Gasteiger partial charge < -0.3 is 73.2 Å². The molecule has 4 heterocycles. The highest BCUT2D eigenvalue weighted by atomic mass is 19.1. The number of unbranched alkanes of at least 4 members (excludes halogenated alkanes) is 2. The molecule has 29 nitrogen and oxygen atoms in total. The highest BCUT2D eigenvalue weighted by Gasteiger charge is 2.27. The van der Waals surface area contributed by atoms with Crippen molar-refractivity contribution >= 4 is 65.0 Å². The van der Waals surface area contributed by atoms with E-state index < -0.39 is 82.5 Å². The quantitative estimate of drug-likeness (QED) is 0.0406. The summed E-state index contributed by atoms with van der Waals surface area (Å²) >= 11 is 0. The first-order chi connectivity index (χ1) is 47.7. The number of hydrogen-bond donors (Lipinski definition) is 13. The van der Waals surface area contributed by atoms with Crippen LogP contribution in [0.15, 0.2) is 72.8 Å². The molecule has 0 saturated carbocycles. The molecule has 99 heavy (non-hydrogen) atoms. The Labute approximate surface area is 574 Å². The zero-order valence-electron chi connectivity index (χ0n) is 56.0. The number of phenolic OH excluding ortho intramolecular Hbond substituents is 4. The molecule has 0 aromatic heterocycles. The van der Waals surface area contributed by atoms with E-state index in [0.29, 0.717) is 58.0 Å². The van der Waals surface area contributed by atoms with Crippen LogP contribution in [0.1, 0.15) is 148 Å². The molecule has 0 fully saturated rings. The standard InChI is InChI=1S/C69H93FN14O15/c1-2-47(85)13-10-31-80(39-30-78-69(70)99)32-22-48(86)12-5-3-4-11-46-45-84-40-29-77-66(96)54-19-8-18-53(59(54)89)63(93)73-25-35-82(36-26-76-67(97)55-20-9-21-56(60(55)90)68(98)79-46)42-41-81-33-23-71-61(91)49-14-6-16-51(57(49)87)64(94)74-27-37-83(43-44-84)38-28-75-65(95)52-17-7-15-50(58(52)88)62(92)72-24-34-81/h6-9,14-21,46,87-90H,2-5,10-13,22-45H2,1H3,(H,71,91)(H,72,92)(H,73,93)(H,74,94)(H,75,95)(H,76,97)(H,77,96)(H,78,99)(H,79,98). The molecular weight excluding hydrogens is 1280 g/mol. The van der Waals surface area contributed by atoms with Crippen molar-refractivity contribution in [1.29, 1.82) is 0 Å². The molecule has 0 aliphatic carbocycles. The Morgan fingerprint density at radius 1 is 0.414 bits per heavy atom. The fourth-order valence-corrected chi connectivity index (χ4v) is 11.9. The van der Waals surface area contributed by atoms with Gasteiger partial charge in [-0.1, -0.05) is 44.0 Å². The lowest BCUT2D eigenvalue weighted by Crippen LogP contribution is -2.49. The molecule has 0 saturated heterocycles. The van der Waals surface area contributed by atoms with Crippen molar-refractivity contribution in [2.24, 2.45) is 0 Å². The van der Waals surface area contributed by atoms with Gasteiger partial charge in [-0.3, -0.25) is 67.5 Å². The second kappa shape index (κ2) is 39.7. The maximum atomic E-state index is 14.6. The molecule has 8 rings (SSSR count). The van der Waals surface area contributed by atoms with Crippen LogP contribution in [0.5, 0.6) is 23.0 Å². The molecule has 4 aromatic carbocycles.